The zero-order chi connectivity index (χ0) is 87.8. The van der Waals surface area contributed by atoms with Crippen LogP contribution in [0, 0.1) is 49.9 Å². The van der Waals surface area contributed by atoms with Gasteiger partial charge in [-0.3, -0.25) is 30.6 Å². The molecule has 0 spiro atoms. The second kappa shape index (κ2) is 52.3. The van der Waals surface area contributed by atoms with Gasteiger partial charge < -0.3 is 38.9 Å². The van der Waals surface area contributed by atoms with Crippen LogP contribution < -0.4 is 9.47 Å². The van der Waals surface area contributed by atoms with Crippen molar-refractivity contribution in [1.29, 1.82) is 0 Å². The van der Waals surface area contributed by atoms with Crippen LogP contribution in [-0.4, -0.2) is 186 Å². The highest BCUT2D eigenvalue weighted by molar-refractivity contribution is 6.31. The number of nitrogens with one attached hydrogen (secondary N) is 6. The van der Waals surface area contributed by atoms with Crippen LogP contribution in [0.2, 0.25) is 5.02 Å². The number of aryl methyl sites for hydroxylation is 3. The van der Waals surface area contributed by atoms with E-state index in [4.69, 9.17) is 21.1 Å². The second-order valence-corrected chi connectivity index (χ2v) is 31.7. The highest BCUT2D eigenvalue weighted by atomic mass is 35.5. The average molecular weight is 1690 g/mol. The topological polar surface area (TPSA) is 210 Å². The molecule has 26 heteroatoms. The third kappa shape index (κ3) is 31.4. The van der Waals surface area contributed by atoms with Crippen LogP contribution in [0.1, 0.15) is 169 Å². The van der Waals surface area contributed by atoms with E-state index in [-0.39, 0.29) is 23.2 Å². The minimum atomic E-state index is -0.845. The molecule has 0 fully saturated rings. The van der Waals surface area contributed by atoms with E-state index < -0.39 is 11.6 Å². The van der Waals surface area contributed by atoms with Crippen LogP contribution in [0.3, 0.4) is 0 Å². The Hall–Kier alpha value is -10.1. The summed E-state index contributed by atoms with van der Waals surface area (Å²) in [4.78, 5) is 13.7. The van der Waals surface area contributed by atoms with E-state index in [1.165, 1.54) is 112 Å². The molecule has 0 radical (unpaired) electrons. The molecule has 0 saturated heterocycles. The zero-order valence-corrected chi connectivity index (χ0v) is 75.1. The molecular formula is C95H130ClF5N18O2. The second-order valence-electron chi connectivity index (χ2n) is 31.2. The van der Waals surface area contributed by atoms with Crippen molar-refractivity contribution >= 4 is 11.6 Å². The lowest BCUT2D eigenvalue weighted by molar-refractivity contribution is 0.321. The molecule has 0 bridgehead atoms. The maximum atomic E-state index is 13.8. The van der Waals surface area contributed by atoms with Crippen LogP contribution >= 0.6 is 11.6 Å². The summed E-state index contributed by atoms with van der Waals surface area (Å²) in [6.45, 7) is 30.5. The Morgan fingerprint density at radius 1 is 0.306 bits per heavy atom. The van der Waals surface area contributed by atoms with Crippen LogP contribution in [0.4, 0.5) is 22.0 Å². The van der Waals surface area contributed by atoms with Gasteiger partial charge in [-0.1, -0.05) is 122 Å². The third-order valence-electron chi connectivity index (χ3n) is 20.7. The van der Waals surface area contributed by atoms with Crippen molar-refractivity contribution in [3.63, 3.8) is 0 Å². The zero-order valence-electron chi connectivity index (χ0n) is 74.4. The van der Waals surface area contributed by atoms with Gasteiger partial charge in [0.25, 0.3) is 0 Å². The lowest BCUT2D eigenvalue weighted by atomic mass is 10.0. The third-order valence-corrected chi connectivity index (χ3v) is 21.0. The number of aromatic nitrogens is 12. The van der Waals surface area contributed by atoms with E-state index in [2.05, 4.69) is 199 Å². The van der Waals surface area contributed by atoms with Crippen LogP contribution in [0.15, 0.2) is 152 Å². The molecule has 0 aliphatic carbocycles. The molecule has 0 aliphatic heterocycles. The molecule has 0 saturated carbocycles. The highest BCUT2D eigenvalue weighted by Gasteiger charge is 2.20. The Balaban J connectivity index is 0.000000200. The number of H-pyrrole nitrogens is 6. The summed E-state index contributed by atoms with van der Waals surface area (Å²) in [5.41, 5.74) is 21.1. The summed E-state index contributed by atoms with van der Waals surface area (Å²) in [7, 11) is 15.8. The van der Waals surface area contributed by atoms with Gasteiger partial charge in [-0.05, 0) is 242 Å². The quantitative estimate of drug-likeness (QED) is 0.0199. The van der Waals surface area contributed by atoms with Crippen molar-refractivity contribution in [2.75, 3.05) is 95.8 Å². The molecular weight excluding hydrogens is 1560 g/mol. The normalized spacial score (nSPS) is 11.2. The van der Waals surface area contributed by atoms with Gasteiger partial charge >= 0.3 is 0 Å². The SMILES string of the molecule is CCCCN(C)Cc1cn[nH]c1-c1cc(Cl)ccc1OC.CCCCN(C)Cc1cn[nH]c1-c1cc(F)ccc1C.CCCCN(C)Cc1cn[nH]c1-c1ccc(F)c(F)c1.CCCCN(C)Cc1cn[nH]c1-c1ccc(F)cc1C.CCCCN(C)Cc1cn[nH]c1-c1ccc(OC)c(F)c1.CCCCN(C)Cc1cn[nH]c1-c1ccccc1C. The summed E-state index contributed by atoms with van der Waals surface area (Å²) < 4.78 is 77.2. The lowest BCUT2D eigenvalue weighted by Gasteiger charge is -2.16. The van der Waals surface area contributed by atoms with Crippen LogP contribution in [0.5, 0.6) is 11.5 Å². The van der Waals surface area contributed by atoms with E-state index in [0.717, 1.165) is 199 Å². The number of hydrogen-bond donors (Lipinski definition) is 6. The number of methoxy groups -OCH3 is 2. The smallest absolute Gasteiger partial charge is 0.165 e. The van der Waals surface area contributed by atoms with E-state index in [0.29, 0.717) is 10.6 Å². The molecule has 6 aromatic heterocycles. The number of ether oxygens (including phenoxy) is 2. The summed E-state index contributed by atoms with van der Waals surface area (Å²) in [6, 6.07) is 32.6. The molecule has 0 unspecified atom stereocenters. The first kappa shape index (κ1) is 98.0. The number of halogens is 6. The molecule has 0 amide bonds. The fourth-order valence-corrected chi connectivity index (χ4v) is 14.0. The first-order valence-corrected chi connectivity index (χ1v) is 42.7. The van der Waals surface area contributed by atoms with Gasteiger partial charge in [-0.15, -0.1) is 0 Å². The van der Waals surface area contributed by atoms with Crippen molar-refractivity contribution in [1.82, 2.24) is 90.6 Å². The first-order chi connectivity index (χ1) is 58.4. The van der Waals surface area contributed by atoms with Crippen molar-refractivity contribution in [3.8, 4) is 79.0 Å². The fraction of sp³-hybridized carbons (Fsp3) is 0.432. The Labute approximate surface area is 719 Å². The van der Waals surface area contributed by atoms with Gasteiger partial charge in [-0.25, -0.2) is 22.0 Å². The summed E-state index contributed by atoms with van der Waals surface area (Å²) >= 11 is 6.12. The van der Waals surface area contributed by atoms with Gasteiger partial charge in [0, 0.05) is 111 Å². The summed E-state index contributed by atoms with van der Waals surface area (Å²) in [5, 5.41) is 43.6. The van der Waals surface area contributed by atoms with E-state index >= 15 is 0 Å². The molecule has 654 valence electrons. The van der Waals surface area contributed by atoms with Gasteiger partial charge in [0.05, 0.1) is 85.6 Å². The van der Waals surface area contributed by atoms with Crippen molar-refractivity contribution in [2.45, 2.75) is 179 Å². The Kier molecular flexibility index (Phi) is 42.3. The Morgan fingerprint density at radius 3 is 1.00 bits per heavy atom. The largest absolute Gasteiger partial charge is 0.496 e. The van der Waals surface area contributed by atoms with Crippen LogP contribution in [0.25, 0.3) is 67.5 Å². The lowest BCUT2D eigenvalue weighted by Crippen LogP contribution is -2.19. The Morgan fingerprint density at radius 2 is 0.628 bits per heavy atom. The Bertz CT molecular complexity index is 4950. The van der Waals surface area contributed by atoms with E-state index in [1.54, 1.807) is 49.8 Å². The minimum absolute atomic E-state index is 0.202. The highest BCUT2D eigenvalue weighted by Crippen LogP contribution is 2.35. The summed E-state index contributed by atoms with van der Waals surface area (Å²) in [5.74, 6) is -1.42. The molecule has 6 heterocycles. The van der Waals surface area contributed by atoms with Crippen molar-refractivity contribution in [3.05, 3.63) is 237 Å². The minimum Gasteiger partial charge on any atom is -0.496 e. The number of unbranched alkanes of at least 4 members (excludes halogenated alkanes) is 6. The monoisotopic (exact) mass is 1690 g/mol. The molecule has 121 heavy (non-hydrogen) atoms. The molecule has 12 aromatic rings. The first-order valence-electron chi connectivity index (χ1n) is 42.3. The summed E-state index contributed by atoms with van der Waals surface area (Å²) in [6.07, 6.45) is 25.3. The maximum absolute atomic E-state index is 13.8. The van der Waals surface area contributed by atoms with Gasteiger partial charge in [0.2, 0.25) is 0 Å². The fourth-order valence-electron chi connectivity index (χ4n) is 13.8. The predicted molar refractivity (Wildman–Crippen MR) is 484 cm³/mol. The van der Waals surface area contributed by atoms with E-state index in [1.807, 2.05) is 76.0 Å². The molecule has 6 aromatic carbocycles. The van der Waals surface area contributed by atoms with Crippen molar-refractivity contribution in [2.24, 2.45) is 0 Å². The molecule has 0 aliphatic rings. The number of nitrogens with zero attached hydrogens (tertiary/aromatic N) is 12. The number of rotatable bonds is 38. The van der Waals surface area contributed by atoms with E-state index in [9.17, 15) is 22.0 Å². The molecule has 12 rings (SSSR count). The van der Waals surface area contributed by atoms with Crippen molar-refractivity contribution < 1.29 is 31.4 Å². The number of aromatic amines is 6. The molecule has 0 atom stereocenters. The van der Waals surface area contributed by atoms with Crippen LogP contribution in [-0.2, 0) is 39.3 Å². The van der Waals surface area contributed by atoms with Gasteiger partial charge in [-0.2, -0.15) is 30.6 Å². The standard InChI is InChI=1S/C16H22ClN3O.C16H22FN3O.2C16H22FN3.C16H23N3.C15H19F2N3/c1-4-5-8-20(2)11-12-10-18-19-16(12)14-9-13(17)6-7-15(14)21-3;1-4-5-8-20(2)11-13-10-18-19-16(13)12-6-7-15(21-3)14(17)9-12;1-4-5-8-20(3)11-13-10-18-19-16(13)15-7-6-14(17)9-12(15)2;1-4-5-8-20(3)11-13-10-18-19-16(13)15-9-14(17)7-6-12(15)2;1-4-5-10-19(3)12-14-11-17-18-16(14)15-9-7-6-8-13(15)2;1-3-4-7-20(2)10-12-9-18-19-15(12)11-5-6-13(16)14(17)8-11/h2*6-7,9-10H,4-5,8,11H2,1-3H3,(H,18,19);2*6-7,9-10H,4-5,8,11H2,1-3H3,(H,18,19);6-9,11H,4-5,10,12H2,1-3H3,(H,17,18);5-6,8-9H,3-4,7,10H2,1-2H3,(H,18,19). The number of benzene rings is 6. The predicted octanol–water partition coefficient (Wildman–Crippen LogP) is 22.1. The number of hydrogen-bond acceptors (Lipinski definition) is 14. The van der Waals surface area contributed by atoms with Gasteiger partial charge in [0.15, 0.2) is 23.2 Å². The maximum Gasteiger partial charge on any atom is 0.165 e. The average Bonchev–Trinajstić information content (AvgIpc) is 1.51. The molecule has 6 N–H and O–H groups in total. The molecule has 20 nitrogen and oxygen atoms in total. The van der Waals surface area contributed by atoms with Gasteiger partial charge in [0.1, 0.15) is 17.4 Å².